The SMILES string of the molecule is C[C@@H](Sc1n[nH]c(=O)n1C1CC1)C(=O)Nc1ccc(Cl)cc1. The minimum absolute atomic E-state index is 0.148. The molecule has 0 unspecified atom stereocenters. The first kappa shape index (κ1) is 15.2. The second-order valence-corrected chi connectivity index (χ2v) is 6.91. The number of hydrogen-bond donors (Lipinski definition) is 2. The Morgan fingerprint density at radius 2 is 2.14 bits per heavy atom. The number of nitrogens with one attached hydrogen (secondary N) is 2. The van der Waals surface area contributed by atoms with Crippen molar-refractivity contribution in [1.29, 1.82) is 0 Å². The van der Waals surface area contributed by atoms with Gasteiger partial charge in [0.15, 0.2) is 5.16 Å². The van der Waals surface area contributed by atoms with Gasteiger partial charge in [-0.3, -0.25) is 9.36 Å². The molecule has 3 rings (SSSR count). The molecule has 0 bridgehead atoms. The van der Waals surface area contributed by atoms with E-state index < -0.39 is 0 Å². The summed E-state index contributed by atoms with van der Waals surface area (Å²) >= 11 is 7.08. The first-order valence-electron chi connectivity index (χ1n) is 6.94. The number of halogens is 1. The lowest BCUT2D eigenvalue weighted by molar-refractivity contribution is -0.115. The molecule has 1 aliphatic carbocycles. The first-order valence-corrected chi connectivity index (χ1v) is 8.20. The zero-order chi connectivity index (χ0) is 15.7. The van der Waals surface area contributed by atoms with Gasteiger partial charge in [0, 0.05) is 16.8 Å². The van der Waals surface area contributed by atoms with Crippen molar-refractivity contribution in [1.82, 2.24) is 14.8 Å². The van der Waals surface area contributed by atoms with Crippen LogP contribution >= 0.6 is 23.4 Å². The van der Waals surface area contributed by atoms with Gasteiger partial charge < -0.3 is 5.32 Å². The van der Waals surface area contributed by atoms with Gasteiger partial charge in [0.05, 0.1) is 5.25 Å². The summed E-state index contributed by atoms with van der Waals surface area (Å²) in [7, 11) is 0. The molecular weight excluding hydrogens is 324 g/mol. The molecule has 0 radical (unpaired) electrons. The molecule has 2 N–H and O–H groups in total. The molecule has 1 aromatic heterocycles. The molecule has 2 aromatic rings. The second kappa shape index (κ2) is 6.18. The monoisotopic (exact) mass is 338 g/mol. The number of nitrogens with zero attached hydrogens (tertiary/aromatic N) is 2. The number of H-pyrrole nitrogens is 1. The molecule has 1 atom stereocenters. The van der Waals surface area contributed by atoms with Gasteiger partial charge in [-0.25, -0.2) is 9.89 Å². The fourth-order valence-electron chi connectivity index (χ4n) is 2.02. The summed E-state index contributed by atoms with van der Waals surface area (Å²) in [6.45, 7) is 1.78. The Hall–Kier alpha value is -1.73. The molecule has 8 heteroatoms. The molecule has 1 amide bonds. The van der Waals surface area contributed by atoms with E-state index in [1.54, 1.807) is 35.8 Å². The molecular formula is C14H15ClN4O2S. The second-order valence-electron chi connectivity index (χ2n) is 5.17. The summed E-state index contributed by atoms with van der Waals surface area (Å²) in [4.78, 5) is 23.9. The molecule has 1 fully saturated rings. The third-order valence-corrected chi connectivity index (χ3v) is 4.67. The maximum absolute atomic E-state index is 12.2. The number of rotatable bonds is 5. The number of benzene rings is 1. The van der Waals surface area contributed by atoms with Crippen LogP contribution in [-0.4, -0.2) is 25.9 Å². The van der Waals surface area contributed by atoms with Crippen molar-refractivity contribution >= 4 is 35.0 Å². The number of carbonyl (C=O) groups is 1. The van der Waals surface area contributed by atoms with E-state index in [9.17, 15) is 9.59 Å². The van der Waals surface area contributed by atoms with Crippen LogP contribution in [0.15, 0.2) is 34.2 Å². The molecule has 0 spiro atoms. The standard InChI is InChI=1S/C14H15ClN4O2S/c1-8(12(20)16-10-4-2-9(15)3-5-10)22-14-18-17-13(21)19(14)11-6-7-11/h2-5,8,11H,6-7H2,1H3,(H,16,20)(H,17,21)/t8-/m1/s1. The minimum Gasteiger partial charge on any atom is -0.325 e. The number of aromatic nitrogens is 3. The van der Waals surface area contributed by atoms with Gasteiger partial charge in [-0.15, -0.1) is 5.10 Å². The van der Waals surface area contributed by atoms with Crippen LogP contribution in [0, 0.1) is 0 Å². The molecule has 22 heavy (non-hydrogen) atoms. The topological polar surface area (TPSA) is 79.8 Å². The van der Waals surface area contributed by atoms with Gasteiger partial charge in [-0.05, 0) is 44.0 Å². The van der Waals surface area contributed by atoms with Crippen LogP contribution in [0.3, 0.4) is 0 Å². The molecule has 1 heterocycles. The van der Waals surface area contributed by atoms with Gasteiger partial charge in [0.2, 0.25) is 5.91 Å². The highest BCUT2D eigenvalue weighted by atomic mass is 35.5. The lowest BCUT2D eigenvalue weighted by Gasteiger charge is -2.12. The van der Waals surface area contributed by atoms with Crippen molar-refractivity contribution in [2.45, 2.75) is 36.2 Å². The van der Waals surface area contributed by atoms with Crippen LogP contribution in [0.4, 0.5) is 5.69 Å². The summed E-state index contributed by atoms with van der Waals surface area (Å²) in [6, 6.07) is 7.14. The van der Waals surface area contributed by atoms with Crippen molar-refractivity contribution in [3.05, 3.63) is 39.8 Å². The normalized spacial score (nSPS) is 15.5. The average Bonchev–Trinajstić information content (AvgIpc) is 3.26. The maximum atomic E-state index is 12.2. The average molecular weight is 339 g/mol. The van der Waals surface area contributed by atoms with E-state index in [-0.39, 0.29) is 22.9 Å². The number of amides is 1. The van der Waals surface area contributed by atoms with Gasteiger partial charge in [0.25, 0.3) is 0 Å². The lowest BCUT2D eigenvalue weighted by Crippen LogP contribution is -2.23. The highest BCUT2D eigenvalue weighted by Gasteiger charge is 2.30. The van der Waals surface area contributed by atoms with Crippen LogP contribution in [0.2, 0.25) is 5.02 Å². The van der Waals surface area contributed by atoms with Crippen LogP contribution in [-0.2, 0) is 4.79 Å². The van der Waals surface area contributed by atoms with Crippen LogP contribution < -0.4 is 11.0 Å². The zero-order valence-electron chi connectivity index (χ0n) is 11.9. The summed E-state index contributed by atoms with van der Waals surface area (Å²) in [6.07, 6.45) is 1.97. The van der Waals surface area contributed by atoms with E-state index in [1.165, 1.54) is 11.8 Å². The Labute approximate surface area is 136 Å². The Morgan fingerprint density at radius 1 is 1.45 bits per heavy atom. The van der Waals surface area contributed by atoms with Crippen molar-refractivity contribution in [2.24, 2.45) is 0 Å². The van der Waals surface area contributed by atoms with Gasteiger partial charge in [-0.2, -0.15) is 0 Å². The van der Waals surface area contributed by atoms with Crippen molar-refractivity contribution in [2.75, 3.05) is 5.32 Å². The molecule has 116 valence electrons. The molecule has 1 saturated carbocycles. The van der Waals surface area contributed by atoms with Crippen LogP contribution in [0.5, 0.6) is 0 Å². The minimum atomic E-state index is -0.372. The van der Waals surface area contributed by atoms with Crippen LogP contribution in [0.25, 0.3) is 0 Å². The fraction of sp³-hybridized carbons (Fsp3) is 0.357. The van der Waals surface area contributed by atoms with Gasteiger partial charge in [-0.1, -0.05) is 23.4 Å². The lowest BCUT2D eigenvalue weighted by atomic mass is 10.3. The Kier molecular flexibility index (Phi) is 4.26. The molecule has 1 aromatic carbocycles. The van der Waals surface area contributed by atoms with E-state index in [0.29, 0.717) is 15.9 Å². The highest BCUT2D eigenvalue weighted by molar-refractivity contribution is 8.00. The van der Waals surface area contributed by atoms with E-state index in [0.717, 1.165) is 12.8 Å². The third-order valence-electron chi connectivity index (χ3n) is 3.35. The largest absolute Gasteiger partial charge is 0.344 e. The zero-order valence-corrected chi connectivity index (χ0v) is 13.4. The van der Waals surface area contributed by atoms with E-state index in [2.05, 4.69) is 15.5 Å². The van der Waals surface area contributed by atoms with Gasteiger partial charge >= 0.3 is 5.69 Å². The number of hydrogen-bond acceptors (Lipinski definition) is 4. The van der Waals surface area contributed by atoms with E-state index >= 15 is 0 Å². The smallest absolute Gasteiger partial charge is 0.325 e. The summed E-state index contributed by atoms with van der Waals surface area (Å²) < 4.78 is 1.64. The Bertz CT molecular complexity index is 736. The van der Waals surface area contributed by atoms with Gasteiger partial charge in [0.1, 0.15) is 0 Å². The molecule has 1 aliphatic rings. The number of aromatic amines is 1. The summed E-state index contributed by atoms with van der Waals surface area (Å²) in [5.41, 5.74) is 0.471. The molecule has 0 aliphatic heterocycles. The quantitative estimate of drug-likeness (QED) is 0.821. The number of anilines is 1. The Morgan fingerprint density at radius 3 is 2.77 bits per heavy atom. The third kappa shape index (κ3) is 3.36. The fourth-order valence-corrected chi connectivity index (χ4v) is 3.07. The molecule has 0 saturated heterocycles. The summed E-state index contributed by atoms with van der Waals surface area (Å²) in [5, 5.41) is 10.1. The highest BCUT2D eigenvalue weighted by Crippen LogP contribution is 2.36. The predicted octanol–water partition coefficient (Wildman–Crippen LogP) is 2.68. The van der Waals surface area contributed by atoms with Crippen molar-refractivity contribution in [3.8, 4) is 0 Å². The predicted molar refractivity (Wildman–Crippen MR) is 86.5 cm³/mol. The number of carbonyl (C=O) groups excluding carboxylic acids is 1. The number of thioether (sulfide) groups is 1. The van der Waals surface area contributed by atoms with Crippen molar-refractivity contribution < 1.29 is 4.79 Å². The molecule has 6 nitrogen and oxygen atoms in total. The van der Waals surface area contributed by atoms with E-state index in [4.69, 9.17) is 11.6 Å². The summed E-state index contributed by atoms with van der Waals surface area (Å²) in [5.74, 6) is -0.148. The Balaban J connectivity index is 1.66. The first-order chi connectivity index (χ1) is 10.5. The van der Waals surface area contributed by atoms with Crippen LogP contribution in [0.1, 0.15) is 25.8 Å². The maximum Gasteiger partial charge on any atom is 0.344 e. The van der Waals surface area contributed by atoms with Crippen molar-refractivity contribution in [3.63, 3.8) is 0 Å². The van der Waals surface area contributed by atoms with E-state index in [1.807, 2.05) is 0 Å².